The molecule has 0 atom stereocenters. The first-order valence-corrected chi connectivity index (χ1v) is 9.25. The summed E-state index contributed by atoms with van der Waals surface area (Å²) in [5.74, 6) is 1.32. The molecule has 5 heteroatoms. The molecule has 136 valence electrons. The van der Waals surface area contributed by atoms with Gasteiger partial charge in [0.15, 0.2) is 0 Å². The van der Waals surface area contributed by atoms with E-state index in [1.807, 2.05) is 47.4 Å². The first-order valence-electron chi connectivity index (χ1n) is 9.25. The van der Waals surface area contributed by atoms with E-state index in [1.54, 1.807) is 12.1 Å². The highest BCUT2D eigenvalue weighted by Gasteiger charge is 2.32. The molecule has 3 fully saturated rings. The van der Waals surface area contributed by atoms with Crippen LogP contribution in [0.4, 0.5) is 4.79 Å². The van der Waals surface area contributed by atoms with Gasteiger partial charge in [-0.25, -0.2) is 4.79 Å². The molecule has 2 aromatic carbocycles. The fourth-order valence-electron chi connectivity index (χ4n) is 3.63. The van der Waals surface area contributed by atoms with Crippen molar-refractivity contribution >= 4 is 6.09 Å². The number of benzene rings is 2. The van der Waals surface area contributed by atoms with E-state index in [0.717, 1.165) is 50.3 Å². The van der Waals surface area contributed by atoms with Gasteiger partial charge in [0.05, 0.1) is 0 Å². The Morgan fingerprint density at radius 1 is 0.885 bits per heavy atom. The van der Waals surface area contributed by atoms with Gasteiger partial charge in [-0.1, -0.05) is 30.3 Å². The first kappa shape index (κ1) is 16.9. The van der Waals surface area contributed by atoms with Gasteiger partial charge in [-0.3, -0.25) is 0 Å². The average Bonchev–Trinajstić information content (AvgIpc) is 3.02. The molecular weight excluding hydrogens is 328 g/mol. The third kappa shape index (κ3) is 3.99. The van der Waals surface area contributed by atoms with E-state index in [1.165, 1.54) is 0 Å². The molecule has 5 nitrogen and oxygen atoms in total. The Labute approximate surface area is 154 Å². The van der Waals surface area contributed by atoms with Crippen LogP contribution in [0.3, 0.4) is 0 Å². The van der Waals surface area contributed by atoms with E-state index in [0.29, 0.717) is 18.4 Å². The maximum atomic E-state index is 12.6. The van der Waals surface area contributed by atoms with Gasteiger partial charge >= 0.3 is 6.09 Å². The average molecular weight is 352 g/mol. The second-order valence-electron chi connectivity index (χ2n) is 6.88. The zero-order valence-electron chi connectivity index (χ0n) is 14.8. The van der Waals surface area contributed by atoms with Crippen molar-refractivity contribution in [1.82, 2.24) is 9.80 Å². The highest BCUT2D eigenvalue weighted by atomic mass is 16.6. The lowest BCUT2D eigenvalue weighted by molar-refractivity contribution is 0.131. The predicted octanol–water partition coefficient (Wildman–Crippen LogP) is 3.54. The van der Waals surface area contributed by atoms with Gasteiger partial charge in [0.1, 0.15) is 18.1 Å². The molecule has 0 radical (unpaired) electrons. The molecular formula is C21H24N2O3. The molecule has 5 rings (SSSR count). The summed E-state index contributed by atoms with van der Waals surface area (Å²) in [5.41, 5.74) is 1.12. The minimum atomic E-state index is -0.239. The number of amides is 1. The van der Waals surface area contributed by atoms with E-state index in [-0.39, 0.29) is 6.09 Å². The molecule has 0 aliphatic carbocycles. The number of piperidine rings is 1. The predicted molar refractivity (Wildman–Crippen MR) is 99.4 cm³/mol. The van der Waals surface area contributed by atoms with Gasteiger partial charge in [-0.2, -0.15) is 0 Å². The Morgan fingerprint density at radius 2 is 1.58 bits per heavy atom. The lowest BCUT2D eigenvalue weighted by atomic mass is 10.1. The van der Waals surface area contributed by atoms with Crippen molar-refractivity contribution in [3.05, 3.63) is 60.2 Å². The quantitative estimate of drug-likeness (QED) is 0.844. The van der Waals surface area contributed by atoms with E-state index < -0.39 is 0 Å². The van der Waals surface area contributed by atoms with E-state index in [4.69, 9.17) is 9.47 Å². The molecule has 0 saturated carbocycles. The van der Waals surface area contributed by atoms with Crippen LogP contribution in [0.2, 0.25) is 0 Å². The van der Waals surface area contributed by atoms with Crippen molar-refractivity contribution in [1.29, 1.82) is 0 Å². The summed E-state index contributed by atoms with van der Waals surface area (Å²) < 4.78 is 11.4. The summed E-state index contributed by atoms with van der Waals surface area (Å²) in [6.07, 6.45) is 1.85. The topological polar surface area (TPSA) is 42.0 Å². The van der Waals surface area contributed by atoms with Crippen molar-refractivity contribution in [2.24, 2.45) is 0 Å². The summed E-state index contributed by atoms with van der Waals surface area (Å²) in [6, 6.07) is 17.6. The van der Waals surface area contributed by atoms with Gasteiger partial charge in [-0.15, -0.1) is 0 Å². The third-order valence-corrected chi connectivity index (χ3v) is 5.17. The van der Waals surface area contributed by atoms with Gasteiger partial charge in [-0.05, 0) is 42.7 Å². The monoisotopic (exact) mass is 352 g/mol. The number of carbonyl (C=O) groups excluding carboxylic acids is 1. The SMILES string of the molecule is O=C(Oc1ccc(OCc2ccccc2)cc1)N1CCN2CCC1CC2. The zero-order chi connectivity index (χ0) is 17.8. The number of ether oxygens (including phenoxy) is 2. The Balaban J connectivity index is 1.33. The molecule has 2 bridgehead atoms. The number of rotatable bonds is 4. The number of nitrogens with zero attached hydrogens (tertiary/aromatic N) is 2. The van der Waals surface area contributed by atoms with Crippen molar-refractivity contribution in [2.75, 3.05) is 26.2 Å². The summed E-state index contributed by atoms with van der Waals surface area (Å²) >= 11 is 0. The van der Waals surface area contributed by atoms with Gasteiger partial charge in [0, 0.05) is 32.2 Å². The molecule has 0 aromatic heterocycles. The van der Waals surface area contributed by atoms with Crippen LogP contribution in [0.5, 0.6) is 11.5 Å². The van der Waals surface area contributed by atoms with Crippen LogP contribution in [-0.2, 0) is 6.61 Å². The smallest absolute Gasteiger partial charge is 0.415 e. The van der Waals surface area contributed by atoms with E-state index in [9.17, 15) is 4.79 Å². The Kier molecular flexibility index (Phi) is 5.07. The number of hydrogen-bond acceptors (Lipinski definition) is 4. The van der Waals surface area contributed by atoms with Crippen molar-refractivity contribution in [3.63, 3.8) is 0 Å². The Morgan fingerprint density at radius 3 is 2.31 bits per heavy atom. The fourth-order valence-corrected chi connectivity index (χ4v) is 3.63. The Bertz CT molecular complexity index is 725. The summed E-state index contributed by atoms with van der Waals surface area (Å²) in [7, 11) is 0. The van der Waals surface area contributed by atoms with Crippen molar-refractivity contribution in [2.45, 2.75) is 25.5 Å². The highest BCUT2D eigenvalue weighted by molar-refractivity contribution is 5.71. The minimum absolute atomic E-state index is 0.239. The molecule has 3 saturated heterocycles. The maximum Gasteiger partial charge on any atom is 0.415 e. The van der Waals surface area contributed by atoms with Crippen LogP contribution in [0.25, 0.3) is 0 Å². The molecule has 0 unspecified atom stereocenters. The lowest BCUT2D eigenvalue weighted by Gasteiger charge is -2.30. The third-order valence-electron chi connectivity index (χ3n) is 5.17. The van der Waals surface area contributed by atoms with E-state index in [2.05, 4.69) is 4.90 Å². The van der Waals surface area contributed by atoms with Crippen LogP contribution in [0.15, 0.2) is 54.6 Å². The normalized spacial score (nSPS) is 21.9. The highest BCUT2D eigenvalue weighted by Crippen LogP contribution is 2.23. The van der Waals surface area contributed by atoms with Crippen LogP contribution < -0.4 is 9.47 Å². The second kappa shape index (κ2) is 7.79. The molecule has 0 N–H and O–H groups in total. The lowest BCUT2D eigenvalue weighted by Crippen LogP contribution is -2.43. The van der Waals surface area contributed by atoms with Gasteiger partial charge in [0.25, 0.3) is 0 Å². The largest absolute Gasteiger partial charge is 0.489 e. The number of hydrogen-bond donors (Lipinski definition) is 0. The van der Waals surface area contributed by atoms with Crippen LogP contribution >= 0.6 is 0 Å². The zero-order valence-corrected chi connectivity index (χ0v) is 14.8. The van der Waals surface area contributed by atoms with Gasteiger partial charge < -0.3 is 19.3 Å². The molecule has 2 aromatic rings. The molecule has 3 aliphatic heterocycles. The van der Waals surface area contributed by atoms with Crippen LogP contribution in [-0.4, -0.2) is 48.1 Å². The van der Waals surface area contributed by atoms with Gasteiger partial charge in [0.2, 0.25) is 0 Å². The summed E-state index contributed by atoms with van der Waals surface area (Å²) in [5, 5.41) is 0. The second-order valence-corrected chi connectivity index (χ2v) is 6.88. The summed E-state index contributed by atoms with van der Waals surface area (Å²) in [4.78, 5) is 16.9. The van der Waals surface area contributed by atoms with Crippen molar-refractivity contribution in [3.8, 4) is 11.5 Å². The summed E-state index contributed by atoms with van der Waals surface area (Å²) in [6.45, 7) is 4.38. The first-order chi connectivity index (χ1) is 12.8. The number of carbonyl (C=O) groups is 1. The van der Waals surface area contributed by atoms with Crippen LogP contribution in [0, 0.1) is 0 Å². The van der Waals surface area contributed by atoms with E-state index >= 15 is 0 Å². The molecule has 1 amide bonds. The van der Waals surface area contributed by atoms with Crippen molar-refractivity contribution < 1.29 is 14.3 Å². The fraction of sp³-hybridized carbons (Fsp3) is 0.381. The standard InChI is InChI=1S/C21H24N2O3/c24-21(23-15-14-22-12-10-18(23)11-13-22)26-20-8-6-19(7-9-20)25-16-17-4-2-1-3-5-17/h1-9,18H,10-16H2. The number of fused-ring (bicyclic) bond motifs is 4. The Hall–Kier alpha value is -2.53. The maximum absolute atomic E-state index is 12.6. The molecule has 3 heterocycles. The molecule has 26 heavy (non-hydrogen) atoms. The minimum Gasteiger partial charge on any atom is -0.489 e. The molecule has 0 spiro atoms. The molecule has 3 aliphatic rings. The van der Waals surface area contributed by atoms with Crippen LogP contribution in [0.1, 0.15) is 18.4 Å².